The molecule has 0 aliphatic heterocycles. The molecule has 0 aliphatic carbocycles. The van der Waals surface area contributed by atoms with Crippen LogP contribution in [0.2, 0.25) is 0 Å². The van der Waals surface area contributed by atoms with Crippen LogP contribution >= 0.6 is 11.8 Å². The van der Waals surface area contributed by atoms with Crippen LogP contribution in [0.5, 0.6) is 0 Å². The first-order valence-corrected chi connectivity index (χ1v) is 6.44. The summed E-state index contributed by atoms with van der Waals surface area (Å²) < 4.78 is 4.83. The van der Waals surface area contributed by atoms with Gasteiger partial charge in [0.2, 0.25) is 0 Å². The number of hydrogen-bond donors (Lipinski definition) is 0. The molecule has 0 N–H and O–H groups in total. The highest BCUT2D eigenvalue weighted by Gasteiger charge is 2.12. The first-order valence-electron chi connectivity index (χ1n) is 5.45. The van der Waals surface area contributed by atoms with Gasteiger partial charge in [-0.1, -0.05) is 31.7 Å². The predicted molar refractivity (Wildman–Crippen MR) is 72.8 cm³/mol. The summed E-state index contributed by atoms with van der Waals surface area (Å²) in [6.07, 6.45) is 3.78. The van der Waals surface area contributed by atoms with Crippen molar-refractivity contribution in [2.75, 3.05) is 5.75 Å². The molecule has 0 atom stereocenters. The second-order valence-electron chi connectivity index (χ2n) is 3.59. The fraction of sp³-hybridized carbons (Fsp3) is 0.231. The van der Waals surface area contributed by atoms with Crippen molar-refractivity contribution in [1.82, 2.24) is 10.3 Å². The number of hydrogen-bond acceptors (Lipinski definition) is 4. The molecule has 0 fully saturated rings. The van der Waals surface area contributed by atoms with E-state index < -0.39 is 0 Å². The van der Waals surface area contributed by atoms with Crippen LogP contribution in [0, 0.1) is 6.92 Å². The van der Waals surface area contributed by atoms with Gasteiger partial charge in [-0.15, -0.1) is 11.8 Å². The summed E-state index contributed by atoms with van der Waals surface area (Å²) in [7, 11) is 0. The Morgan fingerprint density at radius 2 is 2.18 bits per heavy atom. The smallest absolute Gasteiger partial charge is 0.143 e. The molecule has 1 heterocycles. The van der Waals surface area contributed by atoms with Gasteiger partial charge in [-0.2, -0.15) is 0 Å². The molecule has 3 nitrogen and oxygen atoms in total. The van der Waals surface area contributed by atoms with Crippen LogP contribution in [0.4, 0.5) is 0 Å². The summed E-state index contributed by atoms with van der Waals surface area (Å²) in [6.45, 7) is 7.86. The predicted octanol–water partition coefficient (Wildman–Crippen LogP) is 3.81. The van der Waals surface area contributed by atoms with E-state index in [0.29, 0.717) is 0 Å². The number of rotatable bonds is 4. The van der Waals surface area contributed by atoms with Gasteiger partial charge in [-0.05, 0) is 34.6 Å². The maximum atomic E-state index is 4.83. The maximum Gasteiger partial charge on any atom is 0.143 e. The molecule has 0 aliphatic rings. The second kappa shape index (κ2) is 5.19. The molecule has 0 radical (unpaired) electrons. The highest BCUT2D eigenvalue weighted by atomic mass is 32.2. The third-order valence-corrected chi connectivity index (χ3v) is 3.41. The largest absolute Gasteiger partial charge is 0.243 e. The maximum absolute atomic E-state index is 4.83. The van der Waals surface area contributed by atoms with Gasteiger partial charge in [0.05, 0.1) is 0 Å². The molecular weight excluding hydrogens is 232 g/mol. The molecule has 0 saturated carbocycles. The molecule has 0 unspecified atom stereocenters. The molecule has 17 heavy (non-hydrogen) atoms. The minimum Gasteiger partial charge on any atom is -0.243 e. The van der Waals surface area contributed by atoms with Crippen LogP contribution < -0.4 is 0 Å². The number of benzene rings is 1. The molecule has 1 aromatic carbocycles. The Morgan fingerprint density at radius 3 is 2.88 bits per heavy atom. The Labute approximate surface area is 105 Å². The van der Waals surface area contributed by atoms with Gasteiger partial charge in [-0.3, -0.25) is 0 Å². The van der Waals surface area contributed by atoms with Crippen molar-refractivity contribution in [2.45, 2.75) is 13.8 Å². The van der Waals surface area contributed by atoms with Crippen LogP contribution in [-0.2, 0) is 0 Å². The standard InChI is InChI=1S/C13H14N2OS/c1-4-6-11(17-5-2)10-8-7-9(3)12-13(10)15-16-14-12/h4,6-8H,1,5H2,2-3H3/b11-6-. The van der Waals surface area contributed by atoms with E-state index in [-0.39, 0.29) is 0 Å². The molecule has 0 bridgehead atoms. The van der Waals surface area contributed by atoms with Crippen molar-refractivity contribution in [3.05, 3.63) is 42.0 Å². The van der Waals surface area contributed by atoms with Crippen molar-refractivity contribution in [3.63, 3.8) is 0 Å². The Bertz CT molecular complexity index is 572. The minimum atomic E-state index is 0.819. The van der Waals surface area contributed by atoms with E-state index in [4.69, 9.17) is 4.63 Å². The van der Waals surface area contributed by atoms with Gasteiger partial charge in [0.15, 0.2) is 0 Å². The monoisotopic (exact) mass is 246 g/mol. The van der Waals surface area contributed by atoms with E-state index in [1.807, 2.05) is 19.1 Å². The molecule has 0 amide bonds. The molecule has 1 aromatic heterocycles. The van der Waals surface area contributed by atoms with Gasteiger partial charge < -0.3 is 0 Å². The van der Waals surface area contributed by atoms with Gasteiger partial charge in [0.1, 0.15) is 11.0 Å². The SMILES string of the molecule is C=C/C=C(\SCC)c1ccc(C)c2nonc12. The third-order valence-electron chi connectivity index (χ3n) is 2.45. The van der Waals surface area contributed by atoms with Gasteiger partial charge in [0, 0.05) is 10.5 Å². The molecular formula is C13H14N2OS. The number of fused-ring (bicyclic) bond motifs is 1. The normalized spacial score (nSPS) is 12.0. The van der Waals surface area contributed by atoms with E-state index in [9.17, 15) is 0 Å². The van der Waals surface area contributed by atoms with Crippen molar-refractivity contribution < 1.29 is 4.63 Å². The summed E-state index contributed by atoms with van der Waals surface area (Å²) in [6, 6.07) is 4.09. The van der Waals surface area contributed by atoms with Crippen LogP contribution in [0.25, 0.3) is 15.9 Å². The van der Waals surface area contributed by atoms with E-state index in [1.54, 1.807) is 17.8 Å². The lowest BCUT2D eigenvalue weighted by molar-refractivity contribution is 0.315. The summed E-state index contributed by atoms with van der Waals surface area (Å²) in [5, 5.41) is 7.92. The zero-order valence-corrected chi connectivity index (χ0v) is 10.8. The average molecular weight is 246 g/mol. The zero-order chi connectivity index (χ0) is 12.3. The molecule has 0 spiro atoms. The lowest BCUT2D eigenvalue weighted by Crippen LogP contribution is -1.86. The summed E-state index contributed by atoms with van der Waals surface area (Å²) in [4.78, 5) is 1.14. The highest BCUT2D eigenvalue weighted by molar-refractivity contribution is 8.08. The fourth-order valence-corrected chi connectivity index (χ4v) is 2.49. The minimum absolute atomic E-state index is 0.819. The number of thioether (sulfide) groups is 1. The summed E-state index contributed by atoms with van der Waals surface area (Å²) in [5.74, 6) is 1.00. The van der Waals surface area contributed by atoms with Crippen LogP contribution in [0.1, 0.15) is 18.1 Å². The Hall–Kier alpha value is -1.55. The first-order chi connectivity index (χ1) is 8.27. The van der Waals surface area contributed by atoms with E-state index in [2.05, 4.69) is 29.9 Å². The Kier molecular flexibility index (Phi) is 3.64. The van der Waals surface area contributed by atoms with Crippen molar-refractivity contribution in [3.8, 4) is 0 Å². The summed E-state index contributed by atoms with van der Waals surface area (Å²) >= 11 is 1.76. The third kappa shape index (κ3) is 2.26. The number of aryl methyl sites for hydroxylation is 1. The zero-order valence-electron chi connectivity index (χ0n) is 9.93. The van der Waals surface area contributed by atoms with E-state index in [1.165, 1.54) is 0 Å². The molecule has 2 aromatic rings. The van der Waals surface area contributed by atoms with Crippen LogP contribution in [0.15, 0.2) is 35.5 Å². The fourth-order valence-electron chi connectivity index (χ4n) is 1.67. The average Bonchev–Trinajstić information content (AvgIpc) is 2.79. The molecule has 2 rings (SSSR count). The highest BCUT2D eigenvalue weighted by Crippen LogP contribution is 2.32. The van der Waals surface area contributed by atoms with E-state index in [0.717, 1.165) is 32.8 Å². The van der Waals surface area contributed by atoms with Crippen molar-refractivity contribution in [2.24, 2.45) is 0 Å². The Balaban J connectivity index is 2.61. The number of nitrogens with zero attached hydrogens (tertiary/aromatic N) is 2. The number of aromatic nitrogens is 2. The number of allylic oxidation sites excluding steroid dienone is 2. The lowest BCUT2D eigenvalue weighted by atomic mass is 10.1. The Morgan fingerprint density at radius 1 is 1.41 bits per heavy atom. The molecule has 88 valence electrons. The second-order valence-corrected chi connectivity index (χ2v) is 4.90. The van der Waals surface area contributed by atoms with Gasteiger partial charge >= 0.3 is 0 Å². The first kappa shape index (κ1) is 11.9. The lowest BCUT2D eigenvalue weighted by Gasteiger charge is -2.06. The quantitative estimate of drug-likeness (QED) is 0.769. The van der Waals surface area contributed by atoms with Crippen LogP contribution in [0.3, 0.4) is 0 Å². The van der Waals surface area contributed by atoms with E-state index >= 15 is 0 Å². The van der Waals surface area contributed by atoms with Crippen LogP contribution in [-0.4, -0.2) is 16.1 Å². The molecule has 4 heteroatoms. The molecule has 0 saturated heterocycles. The van der Waals surface area contributed by atoms with Gasteiger partial charge in [-0.25, -0.2) is 4.63 Å². The van der Waals surface area contributed by atoms with Crippen molar-refractivity contribution in [1.29, 1.82) is 0 Å². The topological polar surface area (TPSA) is 38.9 Å². The summed E-state index contributed by atoms with van der Waals surface area (Å²) in [5.41, 5.74) is 3.77. The van der Waals surface area contributed by atoms with Gasteiger partial charge in [0.25, 0.3) is 0 Å². The van der Waals surface area contributed by atoms with Crippen molar-refractivity contribution >= 4 is 27.7 Å².